The van der Waals surface area contributed by atoms with Crippen LogP contribution < -0.4 is 5.11 Å². The molecule has 6 heteroatoms. The van der Waals surface area contributed by atoms with E-state index in [9.17, 15) is 23.9 Å². The lowest BCUT2D eigenvalue weighted by Crippen LogP contribution is -2.32. The summed E-state index contributed by atoms with van der Waals surface area (Å²) in [6.45, 7) is -0.0120. The number of halogens is 1. The molecule has 0 radical (unpaired) electrons. The van der Waals surface area contributed by atoms with Gasteiger partial charge in [0.15, 0.2) is 0 Å². The summed E-state index contributed by atoms with van der Waals surface area (Å²) in [6.07, 6.45) is -0.113. The molecular formula is C12H9FNO4-. The molecule has 0 spiro atoms. The summed E-state index contributed by atoms with van der Waals surface area (Å²) >= 11 is 0. The fraction of sp³-hybridized carbons (Fsp3) is 0.250. The van der Waals surface area contributed by atoms with Gasteiger partial charge >= 0.3 is 0 Å². The van der Waals surface area contributed by atoms with Crippen molar-refractivity contribution in [1.29, 1.82) is 0 Å². The van der Waals surface area contributed by atoms with E-state index in [1.165, 1.54) is 6.07 Å². The van der Waals surface area contributed by atoms with E-state index < -0.39 is 23.6 Å². The van der Waals surface area contributed by atoms with Gasteiger partial charge in [0.2, 0.25) is 0 Å². The molecule has 1 aliphatic rings. The van der Waals surface area contributed by atoms with E-state index >= 15 is 0 Å². The third-order valence-corrected chi connectivity index (χ3v) is 2.70. The molecule has 0 N–H and O–H groups in total. The number of benzene rings is 1. The molecular weight excluding hydrogens is 241 g/mol. The quantitative estimate of drug-likeness (QED) is 0.702. The summed E-state index contributed by atoms with van der Waals surface area (Å²) in [4.78, 5) is 34.8. The predicted molar refractivity (Wildman–Crippen MR) is 56.0 cm³/mol. The van der Waals surface area contributed by atoms with Gasteiger partial charge in [0.1, 0.15) is 5.82 Å². The lowest BCUT2D eigenvalue weighted by Gasteiger charge is -2.13. The molecule has 0 fully saturated rings. The molecule has 1 aromatic rings. The van der Waals surface area contributed by atoms with Crippen molar-refractivity contribution in [3.63, 3.8) is 0 Å². The van der Waals surface area contributed by atoms with E-state index in [-0.39, 0.29) is 30.5 Å². The molecule has 0 saturated carbocycles. The summed E-state index contributed by atoms with van der Waals surface area (Å²) in [7, 11) is 0. The van der Waals surface area contributed by atoms with Crippen LogP contribution in [0.3, 0.4) is 0 Å². The fourth-order valence-corrected chi connectivity index (χ4v) is 1.85. The molecule has 0 saturated heterocycles. The van der Waals surface area contributed by atoms with Crippen LogP contribution in [0.2, 0.25) is 0 Å². The first kappa shape index (κ1) is 12.2. The second kappa shape index (κ2) is 4.56. The third-order valence-electron chi connectivity index (χ3n) is 2.70. The maximum Gasteiger partial charge on any atom is 0.261 e. The summed E-state index contributed by atoms with van der Waals surface area (Å²) < 4.78 is 13.0. The van der Waals surface area contributed by atoms with Crippen molar-refractivity contribution in [3.05, 3.63) is 35.1 Å². The number of amides is 2. The van der Waals surface area contributed by atoms with Crippen LogP contribution in [0.15, 0.2) is 18.2 Å². The Kier molecular flexibility index (Phi) is 3.10. The van der Waals surface area contributed by atoms with Crippen LogP contribution in [-0.4, -0.2) is 29.2 Å². The molecule has 0 aliphatic carbocycles. The fourth-order valence-electron chi connectivity index (χ4n) is 1.85. The minimum Gasteiger partial charge on any atom is -0.550 e. The molecule has 1 aliphatic heterocycles. The van der Waals surface area contributed by atoms with Crippen molar-refractivity contribution in [2.45, 2.75) is 12.8 Å². The summed E-state index contributed by atoms with van der Waals surface area (Å²) in [6, 6.07) is 3.37. The van der Waals surface area contributed by atoms with Crippen molar-refractivity contribution >= 4 is 17.8 Å². The molecule has 94 valence electrons. The van der Waals surface area contributed by atoms with Crippen LogP contribution in [-0.2, 0) is 4.79 Å². The predicted octanol–water partition coefficient (Wildman–Crippen LogP) is -0.0482. The number of hydrogen-bond donors (Lipinski definition) is 0. The Morgan fingerprint density at radius 2 is 1.89 bits per heavy atom. The van der Waals surface area contributed by atoms with Gasteiger partial charge < -0.3 is 9.90 Å². The van der Waals surface area contributed by atoms with Gasteiger partial charge in [-0.2, -0.15) is 0 Å². The van der Waals surface area contributed by atoms with Gasteiger partial charge in [0.25, 0.3) is 11.8 Å². The number of hydrogen-bond acceptors (Lipinski definition) is 4. The van der Waals surface area contributed by atoms with Crippen molar-refractivity contribution in [2.24, 2.45) is 0 Å². The first-order chi connectivity index (χ1) is 8.50. The second-order valence-electron chi connectivity index (χ2n) is 3.93. The Bertz CT molecular complexity index is 541. The monoisotopic (exact) mass is 250 g/mol. The van der Waals surface area contributed by atoms with E-state index in [2.05, 4.69) is 0 Å². The Labute approximate surface area is 102 Å². The first-order valence-electron chi connectivity index (χ1n) is 5.36. The van der Waals surface area contributed by atoms with E-state index in [1.807, 2.05) is 0 Å². The summed E-state index contributed by atoms with van der Waals surface area (Å²) in [5.41, 5.74) is 0.170. The first-order valence-corrected chi connectivity index (χ1v) is 5.36. The van der Waals surface area contributed by atoms with E-state index in [0.29, 0.717) is 0 Å². The number of imide groups is 1. The van der Waals surface area contributed by atoms with Gasteiger partial charge in [-0.1, -0.05) is 0 Å². The molecule has 0 aromatic heterocycles. The van der Waals surface area contributed by atoms with Crippen molar-refractivity contribution < 1.29 is 23.9 Å². The highest BCUT2D eigenvalue weighted by atomic mass is 19.1. The summed E-state index contributed by atoms with van der Waals surface area (Å²) in [5.74, 6) is -2.94. The van der Waals surface area contributed by atoms with Crippen molar-refractivity contribution in [2.75, 3.05) is 6.54 Å². The zero-order valence-corrected chi connectivity index (χ0v) is 9.31. The molecule has 0 bridgehead atoms. The lowest BCUT2D eigenvalue weighted by molar-refractivity contribution is -0.305. The average molecular weight is 250 g/mol. The Balaban J connectivity index is 2.15. The average Bonchev–Trinajstić information content (AvgIpc) is 2.53. The van der Waals surface area contributed by atoms with Crippen molar-refractivity contribution in [3.8, 4) is 0 Å². The smallest absolute Gasteiger partial charge is 0.261 e. The largest absolute Gasteiger partial charge is 0.550 e. The molecule has 1 aromatic carbocycles. The SMILES string of the molecule is O=C([O-])CCCN1C(=O)c2ccc(F)cc2C1=O. The molecule has 5 nitrogen and oxygen atoms in total. The number of carboxylic acid groups (broad SMARTS) is 1. The normalized spacial score (nSPS) is 13.9. The third kappa shape index (κ3) is 2.09. The Hall–Kier alpha value is -2.24. The molecule has 2 amide bonds. The number of rotatable bonds is 4. The zero-order chi connectivity index (χ0) is 13.3. The number of carbonyl (C=O) groups is 3. The van der Waals surface area contributed by atoms with E-state index in [0.717, 1.165) is 17.0 Å². The van der Waals surface area contributed by atoms with Crippen LogP contribution >= 0.6 is 0 Å². The Morgan fingerprint density at radius 3 is 2.56 bits per heavy atom. The highest BCUT2D eigenvalue weighted by molar-refractivity contribution is 6.21. The van der Waals surface area contributed by atoms with E-state index in [1.54, 1.807) is 0 Å². The number of carbonyl (C=O) groups excluding carboxylic acids is 3. The number of fused-ring (bicyclic) bond motifs is 1. The van der Waals surface area contributed by atoms with Gasteiger partial charge in [-0.3, -0.25) is 14.5 Å². The highest BCUT2D eigenvalue weighted by Crippen LogP contribution is 2.23. The van der Waals surface area contributed by atoms with Gasteiger partial charge in [0.05, 0.1) is 11.1 Å². The highest BCUT2D eigenvalue weighted by Gasteiger charge is 2.35. The topological polar surface area (TPSA) is 77.5 Å². The van der Waals surface area contributed by atoms with Gasteiger partial charge in [-0.25, -0.2) is 4.39 Å². The number of carboxylic acids is 1. The van der Waals surface area contributed by atoms with Crippen LogP contribution in [0.25, 0.3) is 0 Å². The molecule has 0 unspecified atom stereocenters. The van der Waals surface area contributed by atoms with Crippen LogP contribution in [0.1, 0.15) is 33.6 Å². The summed E-state index contributed by atoms with van der Waals surface area (Å²) in [5, 5.41) is 10.2. The maximum absolute atomic E-state index is 13.0. The zero-order valence-electron chi connectivity index (χ0n) is 9.31. The van der Waals surface area contributed by atoms with Gasteiger partial charge in [-0.05, 0) is 31.0 Å². The molecule has 18 heavy (non-hydrogen) atoms. The van der Waals surface area contributed by atoms with Gasteiger partial charge in [0, 0.05) is 12.5 Å². The molecule has 0 atom stereocenters. The van der Waals surface area contributed by atoms with Crippen LogP contribution in [0.4, 0.5) is 4.39 Å². The van der Waals surface area contributed by atoms with E-state index in [4.69, 9.17) is 0 Å². The minimum atomic E-state index is -1.24. The minimum absolute atomic E-state index is 0.0120. The standard InChI is InChI=1S/C12H10FNO4/c13-7-3-4-8-9(6-7)12(18)14(11(8)17)5-1-2-10(15)16/h3-4,6H,1-2,5H2,(H,15,16)/p-1. The van der Waals surface area contributed by atoms with Crippen LogP contribution in [0, 0.1) is 5.82 Å². The molecule has 2 rings (SSSR count). The van der Waals surface area contributed by atoms with Crippen LogP contribution in [0.5, 0.6) is 0 Å². The number of aliphatic carboxylic acids is 1. The second-order valence-corrected chi connectivity index (χ2v) is 3.93. The Morgan fingerprint density at radius 1 is 1.22 bits per heavy atom. The maximum atomic E-state index is 13.0. The van der Waals surface area contributed by atoms with Gasteiger partial charge in [-0.15, -0.1) is 0 Å². The van der Waals surface area contributed by atoms with Crippen molar-refractivity contribution in [1.82, 2.24) is 4.90 Å². The lowest BCUT2D eigenvalue weighted by atomic mass is 10.1. The number of nitrogens with zero attached hydrogens (tertiary/aromatic N) is 1. The molecule has 1 heterocycles.